The summed E-state index contributed by atoms with van der Waals surface area (Å²) in [7, 11) is -20.6. The Kier molecular flexibility index (Phi) is 13.1. The van der Waals surface area contributed by atoms with Gasteiger partial charge in [0, 0.05) is 0 Å². The molecule has 4 aromatic carbocycles. The van der Waals surface area contributed by atoms with Crippen LogP contribution in [-0.2, 0) is 46.9 Å². The van der Waals surface area contributed by atoms with Crippen LogP contribution in [0.25, 0.3) is 22.6 Å². The van der Waals surface area contributed by atoms with Crippen molar-refractivity contribution >= 4 is 162 Å². The van der Waals surface area contributed by atoms with E-state index in [0.29, 0.717) is 0 Å². The minimum absolute atomic E-state index is 0.0849. The van der Waals surface area contributed by atoms with Crippen molar-refractivity contribution in [1.82, 2.24) is 34.9 Å². The minimum Gasteiger partial charge on any atom is -0.450 e. The number of fused-ring (bicyclic) bond motifs is 4. The second kappa shape index (κ2) is 18.5. The number of benzene rings is 5. The Labute approximate surface area is 432 Å². The van der Waals surface area contributed by atoms with Gasteiger partial charge >= 0.3 is 10.1 Å². The number of hydrogen-bond acceptors (Lipinski definition) is 21. The maximum atomic E-state index is 13.1. The van der Waals surface area contributed by atoms with Gasteiger partial charge in [-0.3, -0.25) is 18.2 Å². The zero-order valence-electron chi connectivity index (χ0n) is 34.3. The quantitative estimate of drug-likeness (QED) is 0.0472. The van der Waals surface area contributed by atoms with Crippen molar-refractivity contribution < 1.29 is 61.0 Å². The van der Waals surface area contributed by atoms with Crippen molar-refractivity contribution in [2.45, 2.75) is 26.0 Å². The maximum absolute atomic E-state index is 13.1. The highest BCUT2D eigenvalue weighted by Gasteiger charge is 2.35. The van der Waals surface area contributed by atoms with Gasteiger partial charge in [-0.25, -0.2) is 9.98 Å². The number of anilines is 6. The molecule has 0 spiro atoms. The number of nitrogens with zero attached hydrogens (tertiary/aromatic N) is 8. The first kappa shape index (κ1) is 51.0. The SMILES string of the molecule is O=S(=O)(O)c1cc(Cc2ccc3c(c2S(=O)(=O)O)Oc2c(c(Cl)c4oc5c(S(=O)(=O)O)c(=Nc6ccc(Nc7nc(Cl)nc(Cl)n7)c(S(=O)(=O)O)c6)ccc-5nc4c2Cl)N3)ccc1Nc1nc(Cl)nc(Cl)n1. The lowest BCUT2D eigenvalue weighted by atomic mass is 10.0. The van der Waals surface area contributed by atoms with Gasteiger partial charge in [0.05, 0.1) is 28.1 Å². The number of rotatable bonds is 11. The molecule has 0 fully saturated rings. The van der Waals surface area contributed by atoms with E-state index in [1.807, 2.05) is 0 Å². The van der Waals surface area contributed by atoms with Crippen LogP contribution in [0.5, 0.6) is 11.5 Å². The number of nitrogens with one attached hydrogen (secondary N) is 3. The second-order valence-corrected chi connectivity index (χ2v) is 22.1. The first-order valence-corrected chi connectivity index (χ1v) is 26.9. The van der Waals surface area contributed by atoms with E-state index < -0.39 is 93.9 Å². The van der Waals surface area contributed by atoms with Crippen LogP contribution in [0.1, 0.15) is 11.1 Å². The van der Waals surface area contributed by atoms with E-state index in [-0.39, 0.29) is 94.6 Å². The van der Waals surface area contributed by atoms with E-state index in [2.05, 4.69) is 55.8 Å². The topological polar surface area (TPSA) is 379 Å². The molecule has 6 aromatic rings. The summed E-state index contributed by atoms with van der Waals surface area (Å²) in [5, 5.41) is 5.22. The summed E-state index contributed by atoms with van der Waals surface area (Å²) in [4.78, 5) is 27.6. The van der Waals surface area contributed by atoms with Gasteiger partial charge < -0.3 is 25.1 Å². The van der Waals surface area contributed by atoms with E-state index in [4.69, 9.17) is 78.8 Å². The molecule has 2 aliphatic heterocycles. The molecule has 0 bridgehead atoms. The van der Waals surface area contributed by atoms with Crippen LogP contribution in [0.15, 0.2) is 89.7 Å². The Balaban J connectivity index is 1.11. The fourth-order valence-corrected chi connectivity index (χ4v) is 11.3. The number of hydrogen-bond donors (Lipinski definition) is 7. The van der Waals surface area contributed by atoms with Crippen LogP contribution in [-0.4, -0.2) is 86.8 Å². The predicted octanol–water partition coefficient (Wildman–Crippen LogP) is 8.37. The highest BCUT2D eigenvalue weighted by Crippen LogP contribution is 2.55. The Morgan fingerprint density at radius 3 is 1.69 bits per heavy atom. The van der Waals surface area contributed by atoms with Gasteiger partial charge in [0.2, 0.25) is 33.0 Å². The molecular weight excluding hydrogens is 1160 g/mol. The largest absolute Gasteiger partial charge is 0.450 e. The first-order valence-electron chi connectivity index (χ1n) is 18.9. The van der Waals surface area contributed by atoms with Crippen LogP contribution >= 0.6 is 69.6 Å². The van der Waals surface area contributed by atoms with Crippen LogP contribution in [0.3, 0.4) is 0 Å². The molecule has 25 nitrogen and oxygen atoms in total. The van der Waals surface area contributed by atoms with E-state index in [9.17, 15) is 51.9 Å². The summed E-state index contributed by atoms with van der Waals surface area (Å²) in [5.41, 5.74) is -2.25. The predicted molar refractivity (Wildman–Crippen MR) is 257 cm³/mol. The van der Waals surface area contributed by atoms with E-state index in [1.165, 1.54) is 36.4 Å². The normalized spacial score (nSPS) is 13.1. The minimum atomic E-state index is -5.31. The lowest BCUT2D eigenvalue weighted by Gasteiger charge is -2.26. The highest BCUT2D eigenvalue weighted by atomic mass is 35.5. The van der Waals surface area contributed by atoms with Crippen LogP contribution in [0.2, 0.25) is 31.2 Å². The van der Waals surface area contributed by atoms with Gasteiger partial charge in [0.15, 0.2) is 27.7 Å². The summed E-state index contributed by atoms with van der Waals surface area (Å²) < 4.78 is 156. The van der Waals surface area contributed by atoms with Crippen molar-refractivity contribution in [3.05, 3.63) is 108 Å². The molecule has 0 atom stereocenters. The van der Waals surface area contributed by atoms with E-state index >= 15 is 0 Å². The second-order valence-electron chi connectivity index (χ2n) is 14.5. The highest BCUT2D eigenvalue weighted by molar-refractivity contribution is 7.86. The Morgan fingerprint density at radius 1 is 0.583 bits per heavy atom. The molecule has 2 aromatic heterocycles. The van der Waals surface area contributed by atoms with Crippen molar-refractivity contribution in [3.63, 3.8) is 0 Å². The molecule has 4 heterocycles. The summed E-state index contributed by atoms with van der Waals surface area (Å²) in [6.45, 7) is 0. The maximum Gasteiger partial charge on any atom is 0.300 e. The van der Waals surface area contributed by atoms with E-state index in [1.54, 1.807) is 0 Å². The standard InChI is InChI=1S/C37H19Cl6N11O14S4/c38-22-25-29(68-27-18(46-25)7-8-19(31(27)72(64,65)66)44-14-3-6-16(21(11-14)70(58,59)60)48-37-53-34(42)50-35(43)54-37)23(39)24-28(22)67-26-17(45-24)5-2-13(30(26)71(61,62)63)9-12-1-4-15(20(10-12)69(55,56)57)47-36-51-32(40)49-33(41)52-36/h1-8,10-11,45H,9H2,(H,55,56,57)(H,58,59,60)(H,61,62,63)(H,64,65,66)(H,47,49,51,52)(H,48,50,53,54). The summed E-state index contributed by atoms with van der Waals surface area (Å²) in [6.07, 6.45) is -0.411. The van der Waals surface area contributed by atoms with Gasteiger partial charge in [0.25, 0.3) is 30.4 Å². The van der Waals surface area contributed by atoms with E-state index in [0.717, 1.165) is 24.3 Å². The number of aromatic nitrogens is 7. The molecule has 7 N–H and O–H groups in total. The van der Waals surface area contributed by atoms with Gasteiger partial charge in [-0.05, 0) is 112 Å². The lowest BCUT2D eigenvalue weighted by molar-refractivity contribution is 0.447. The molecule has 72 heavy (non-hydrogen) atoms. The fraction of sp³-hybridized carbons (Fsp3) is 0.0270. The Hall–Kier alpha value is -5.90. The molecule has 0 saturated carbocycles. The molecule has 0 unspecified atom stereocenters. The molecule has 372 valence electrons. The van der Waals surface area contributed by atoms with Crippen molar-refractivity contribution in [2.75, 3.05) is 16.0 Å². The zero-order valence-corrected chi connectivity index (χ0v) is 42.1. The smallest absolute Gasteiger partial charge is 0.300 e. The zero-order chi connectivity index (χ0) is 52.0. The van der Waals surface area contributed by atoms with Crippen molar-refractivity contribution in [3.8, 4) is 23.0 Å². The molecule has 9 rings (SSSR count). The molecule has 35 heteroatoms. The van der Waals surface area contributed by atoms with Gasteiger partial charge in [0.1, 0.15) is 41.6 Å². The number of halogens is 6. The van der Waals surface area contributed by atoms with Gasteiger partial charge in [-0.2, -0.15) is 63.6 Å². The molecule has 1 aliphatic carbocycles. The average molecular weight is 1180 g/mol. The van der Waals surface area contributed by atoms with Crippen molar-refractivity contribution in [2.24, 2.45) is 4.99 Å². The Bertz CT molecular complexity index is 4160. The lowest BCUT2D eigenvalue weighted by Crippen LogP contribution is -2.17. The summed E-state index contributed by atoms with van der Waals surface area (Å²) in [5.74, 6) is -2.13. The fourth-order valence-electron chi connectivity index (χ4n) is 7.04. The molecular formula is C37H19Cl6N11O14S4. The summed E-state index contributed by atoms with van der Waals surface area (Å²) >= 11 is 36.9. The van der Waals surface area contributed by atoms with Gasteiger partial charge in [-0.15, -0.1) is 0 Å². The third-order valence-electron chi connectivity index (χ3n) is 9.81. The Morgan fingerprint density at radius 2 is 1.14 bits per heavy atom. The summed E-state index contributed by atoms with van der Waals surface area (Å²) in [6, 6.07) is 11.4. The van der Waals surface area contributed by atoms with Gasteiger partial charge in [-0.1, -0.05) is 35.3 Å². The molecule has 3 aliphatic rings. The first-order chi connectivity index (χ1) is 33.6. The molecule has 0 radical (unpaired) electrons. The monoisotopic (exact) mass is 1180 g/mol. The van der Waals surface area contributed by atoms with Crippen LogP contribution in [0.4, 0.5) is 40.3 Å². The number of ether oxygens (including phenoxy) is 1. The molecule has 0 amide bonds. The van der Waals surface area contributed by atoms with Crippen molar-refractivity contribution in [1.29, 1.82) is 0 Å². The van der Waals surface area contributed by atoms with Crippen LogP contribution in [0, 0.1) is 0 Å². The molecule has 0 saturated heterocycles. The third-order valence-corrected chi connectivity index (χ3v) is 14.9. The van der Waals surface area contributed by atoms with Crippen LogP contribution < -0.4 is 26.0 Å². The third kappa shape index (κ3) is 10.2. The average Bonchev–Trinajstić information content (AvgIpc) is 3.26.